The highest BCUT2D eigenvalue weighted by Crippen LogP contribution is 2.81. The number of hydrogen-bond acceptors (Lipinski definition) is 17. The average molecular weight is 1010 g/mol. The maximum Gasteiger partial charge on any atom is 0.457 e. The van der Waals surface area contributed by atoms with E-state index in [9.17, 15) is 23.3 Å². The number of esters is 1. The summed E-state index contributed by atoms with van der Waals surface area (Å²) in [6.07, 6.45) is 0. The molecule has 9 rings (SSSR count). The molecule has 3 aliphatic rings. The summed E-state index contributed by atoms with van der Waals surface area (Å²) in [5.74, 6) is -0.126. The largest absolute Gasteiger partial charge is 0.468 e. The molecule has 0 aliphatic carbocycles. The van der Waals surface area contributed by atoms with E-state index in [2.05, 4.69) is 4.72 Å². The number of sulfonamides is 1. The number of nitrogens with one attached hydrogen (secondary N) is 1. The third-order valence-corrected chi connectivity index (χ3v) is 21.1. The molecule has 67 heavy (non-hydrogen) atoms. The highest BCUT2D eigenvalue weighted by atomic mass is 35.7. The van der Waals surface area contributed by atoms with E-state index < -0.39 is 59.6 Å². The van der Waals surface area contributed by atoms with Gasteiger partial charge in [-0.2, -0.15) is 4.72 Å². The normalized spacial score (nSPS) is 21.3. The summed E-state index contributed by atoms with van der Waals surface area (Å²) in [6.45, 7) is -2.75. The third kappa shape index (κ3) is 10.2. The van der Waals surface area contributed by atoms with Gasteiger partial charge in [-0.1, -0.05) is 84.9 Å². The summed E-state index contributed by atoms with van der Waals surface area (Å²) in [7, 11) is -11.8. The number of ether oxygens (including phenoxy) is 4. The van der Waals surface area contributed by atoms with Gasteiger partial charge in [0.25, 0.3) is 5.69 Å². The van der Waals surface area contributed by atoms with Crippen LogP contribution in [0.15, 0.2) is 140 Å². The third-order valence-electron chi connectivity index (χ3n) is 10.4. The van der Waals surface area contributed by atoms with Crippen LogP contribution in [-0.2, 0) is 42.8 Å². The van der Waals surface area contributed by atoms with E-state index in [-0.39, 0.29) is 51.0 Å². The van der Waals surface area contributed by atoms with E-state index in [0.29, 0.717) is 24.7 Å². The van der Waals surface area contributed by atoms with Gasteiger partial charge in [0, 0.05) is 17.2 Å². The second-order valence-electron chi connectivity index (χ2n) is 14.7. The molecule has 3 atom stereocenters. The molecule has 0 radical (unpaired) electrons. The van der Waals surface area contributed by atoms with Crippen LogP contribution in [0.2, 0.25) is 0 Å². The van der Waals surface area contributed by atoms with Crippen LogP contribution in [0.1, 0.15) is 11.6 Å². The molecule has 1 spiro atoms. The number of benzene rings is 6. The fourth-order valence-corrected chi connectivity index (χ4v) is 18.9. The SMILES string of the molecule is COC(=O)[C@H](NS(=O)(=O)c1ccccc1[N+](=O)[O-])c1ccc(OP23=NP4(=NP(Cl)(=N2)OCCOCCOCCOCCO3)Oc2ccc3ccccc3c2-c2c(ccc3ccccc23)O4)cc1. The van der Waals surface area contributed by atoms with Crippen LogP contribution in [0.5, 0.6) is 17.2 Å². The van der Waals surface area contributed by atoms with Crippen LogP contribution < -0.4 is 18.3 Å². The number of nitrogens with zero attached hydrogens (tertiary/aromatic N) is 4. The van der Waals surface area contributed by atoms with Crippen LogP contribution >= 0.6 is 33.3 Å². The van der Waals surface area contributed by atoms with Gasteiger partial charge < -0.3 is 37.0 Å². The standard InChI is InChI=1S/C43H41ClN5O14P3S/c1-55-43(50)42(45-67(53,54)39-13-7-6-12-36(39)49(51)52)32-14-18-33(19-15-32)61-65-46-64(44,59-28-26-57-24-22-56-23-25-58-27-29-60-65)47-66(48-65)62-37-20-16-30-8-2-4-10-34(30)40(37)41-35-11-5-3-9-31(35)17-21-38(41)63-66/h2-21,42,45H,22-29H2,1H3/t42-,64?,65?/m1/s1. The highest BCUT2D eigenvalue weighted by molar-refractivity contribution is 7.94. The van der Waals surface area contributed by atoms with E-state index in [1.165, 1.54) is 36.4 Å². The lowest BCUT2D eigenvalue weighted by molar-refractivity contribution is -0.387. The Bertz CT molecular complexity index is 3090. The fourth-order valence-electron chi connectivity index (χ4n) is 7.41. The predicted molar refractivity (Wildman–Crippen MR) is 252 cm³/mol. The Morgan fingerprint density at radius 1 is 0.701 bits per heavy atom. The van der Waals surface area contributed by atoms with Crippen molar-refractivity contribution in [1.29, 1.82) is 0 Å². The van der Waals surface area contributed by atoms with Crippen molar-refractivity contribution in [2.75, 3.05) is 60.0 Å². The van der Waals surface area contributed by atoms with Gasteiger partial charge in [-0.05, 0) is 68.7 Å². The maximum absolute atomic E-state index is 13.6. The van der Waals surface area contributed by atoms with Gasteiger partial charge in [-0.25, -0.2) is 13.2 Å². The Balaban J connectivity index is 1.17. The number of rotatable bonds is 8. The average Bonchev–Trinajstić information content (AvgIpc) is 3.45. The monoisotopic (exact) mass is 1010 g/mol. The first kappa shape index (κ1) is 46.9. The van der Waals surface area contributed by atoms with Crippen molar-refractivity contribution < 1.29 is 59.7 Å². The predicted octanol–water partition coefficient (Wildman–Crippen LogP) is 10.8. The number of para-hydroxylation sites is 1. The molecular formula is C43H41ClN5O14P3S. The molecule has 0 aromatic heterocycles. The van der Waals surface area contributed by atoms with Crippen molar-refractivity contribution in [3.8, 4) is 28.4 Å². The van der Waals surface area contributed by atoms with E-state index >= 15 is 0 Å². The lowest BCUT2D eigenvalue weighted by Crippen LogP contribution is -2.34. The van der Waals surface area contributed by atoms with Crippen molar-refractivity contribution in [3.63, 3.8) is 0 Å². The van der Waals surface area contributed by atoms with Gasteiger partial charge in [-0.15, -0.1) is 13.5 Å². The molecule has 1 N–H and O–H groups in total. The first-order valence-corrected chi connectivity index (χ1v) is 27.7. The topological polar surface area (TPSA) is 227 Å². The van der Waals surface area contributed by atoms with Crippen molar-refractivity contribution in [2.24, 2.45) is 13.5 Å². The molecule has 350 valence electrons. The number of nitro benzene ring substituents is 1. The van der Waals surface area contributed by atoms with E-state index in [1.54, 1.807) is 0 Å². The van der Waals surface area contributed by atoms with Gasteiger partial charge in [0.1, 0.15) is 23.3 Å². The van der Waals surface area contributed by atoms with Gasteiger partial charge in [0.05, 0.1) is 64.9 Å². The molecule has 3 aliphatic heterocycles. The van der Waals surface area contributed by atoms with Gasteiger partial charge >= 0.3 is 28.1 Å². The highest BCUT2D eigenvalue weighted by Gasteiger charge is 2.46. The van der Waals surface area contributed by atoms with E-state index in [4.69, 9.17) is 66.4 Å². The van der Waals surface area contributed by atoms with Crippen LogP contribution in [0, 0.1) is 10.1 Å². The smallest absolute Gasteiger partial charge is 0.457 e. The number of halogens is 1. The molecule has 6 aromatic rings. The number of hydrogen-bond donors (Lipinski definition) is 1. The molecule has 19 nitrogen and oxygen atoms in total. The Labute approximate surface area is 389 Å². The van der Waals surface area contributed by atoms with E-state index in [1.807, 2.05) is 72.8 Å². The van der Waals surface area contributed by atoms with Gasteiger partial charge in [0.15, 0.2) is 4.90 Å². The number of methoxy groups -OCH3 is 1. The maximum atomic E-state index is 13.6. The van der Waals surface area contributed by atoms with Crippen molar-refractivity contribution >= 4 is 76.6 Å². The van der Waals surface area contributed by atoms with Crippen molar-refractivity contribution in [2.45, 2.75) is 10.9 Å². The summed E-state index contributed by atoms with van der Waals surface area (Å²) in [5.41, 5.74) is 0.892. The number of carbonyl (C=O) groups excluding carboxylic acids is 1. The first-order chi connectivity index (χ1) is 32.4. The summed E-state index contributed by atoms with van der Waals surface area (Å²) < 4.78 is 99.9. The molecule has 0 amide bonds. The Hall–Kier alpha value is -5.20. The number of nitro groups is 1. The molecule has 6 aromatic carbocycles. The van der Waals surface area contributed by atoms with Crippen molar-refractivity contribution in [1.82, 2.24) is 4.72 Å². The summed E-state index contributed by atoms with van der Waals surface area (Å²) >= 11 is 7.43. The second kappa shape index (κ2) is 19.8. The van der Waals surface area contributed by atoms with Crippen LogP contribution in [0.25, 0.3) is 32.7 Å². The number of carbonyl (C=O) groups is 1. The minimum Gasteiger partial charge on any atom is -0.468 e. The molecule has 2 bridgehead atoms. The molecule has 0 fully saturated rings. The minimum atomic E-state index is -4.66. The Morgan fingerprint density at radius 3 is 1.82 bits per heavy atom. The van der Waals surface area contributed by atoms with Crippen molar-refractivity contribution in [3.05, 3.63) is 137 Å². The zero-order chi connectivity index (χ0) is 46.7. The second-order valence-corrected chi connectivity index (χ2v) is 23.8. The van der Waals surface area contributed by atoms with Crippen LogP contribution in [-0.4, -0.2) is 79.3 Å². The fraction of sp³-hybridized carbons (Fsp3) is 0.233. The summed E-state index contributed by atoms with van der Waals surface area (Å²) in [4.78, 5) is 23.4. The quantitative estimate of drug-likeness (QED) is 0.0648. The Morgan fingerprint density at radius 2 is 1.24 bits per heavy atom. The summed E-state index contributed by atoms with van der Waals surface area (Å²) in [5, 5.41) is 15.4. The lowest BCUT2D eigenvalue weighted by atomic mass is 9.92. The molecule has 3 heterocycles. The molecular weight excluding hydrogens is 971 g/mol. The van der Waals surface area contributed by atoms with Gasteiger partial charge in [0.2, 0.25) is 10.0 Å². The molecule has 0 saturated heterocycles. The number of fused-ring (bicyclic) bond motifs is 8. The minimum absolute atomic E-state index is 0.0536. The van der Waals surface area contributed by atoms with E-state index in [0.717, 1.165) is 51.9 Å². The van der Waals surface area contributed by atoms with Gasteiger partial charge in [-0.3, -0.25) is 14.6 Å². The zero-order valence-corrected chi connectivity index (χ0v) is 39.7. The summed E-state index contributed by atoms with van der Waals surface area (Å²) in [6, 6.07) is 32.1. The molecule has 24 heteroatoms. The Kier molecular flexibility index (Phi) is 13.9. The van der Waals surface area contributed by atoms with Crippen LogP contribution in [0.4, 0.5) is 5.69 Å². The molecule has 2 unspecified atom stereocenters. The lowest BCUT2D eigenvalue weighted by Gasteiger charge is -2.31. The molecule has 0 saturated carbocycles. The first-order valence-electron chi connectivity index (χ1n) is 20.6. The van der Waals surface area contributed by atoms with Crippen LogP contribution in [0.3, 0.4) is 0 Å². The zero-order valence-electron chi connectivity index (χ0n) is 35.4.